The van der Waals surface area contributed by atoms with Gasteiger partial charge in [-0.1, -0.05) is 63.3 Å². The fraction of sp³-hybridized carbons (Fsp3) is 0.619. The molecule has 0 saturated heterocycles. The summed E-state index contributed by atoms with van der Waals surface area (Å²) >= 11 is 0. The van der Waals surface area contributed by atoms with Crippen LogP contribution in [0.4, 0.5) is 0 Å². The molecule has 0 aliphatic rings. The van der Waals surface area contributed by atoms with Crippen molar-refractivity contribution >= 4 is 0 Å². The molecule has 124 valence electrons. The Morgan fingerprint density at radius 1 is 0.818 bits per heavy atom. The van der Waals surface area contributed by atoms with Crippen molar-refractivity contribution in [3.63, 3.8) is 0 Å². The average molecular weight is 303 g/mol. The molecule has 1 aromatic heterocycles. The van der Waals surface area contributed by atoms with Gasteiger partial charge in [0.1, 0.15) is 5.76 Å². The van der Waals surface area contributed by atoms with Gasteiger partial charge in [-0.15, -0.1) is 0 Å². The van der Waals surface area contributed by atoms with E-state index in [-0.39, 0.29) is 0 Å². The van der Waals surface area contributed by atoms with Crippen molar-refractivity contribution in [2.24, 2.45) is 0 Å². The molecule has 1 aromatic rings. The molecular formula is C21H34O. The third-order valence-electron chi connectivity index (χ3n) is 3.95. The maximum atomic E-state index is 5.33. The Hall–Kier alpha value is -1.24. The lowest BCUT2D eigenvalue weighted by molar-refractivity contribution is 0.495. The lowest BCUT2D eigenvalue weighted by Gasteiger charge is -1.97. The Bertz CT molecular complexity index is 373. The number of allylic oxidation sites excluding steroid dienone is 4. The molecule has 0 spiro atoms. The second-order valence-electron chi connectivity index (χ2n) is 6.06. The van der Waals surface area contributed by atoms with Gasteiger partial charge in [-0.05, 0) is 50.7 Å². The summed E-state index contributed by atoms with van der Waals surface area (Å²) in [6.07, 6.45) is 26.4. The van der Waals surface area contributed by atoms with Gasteiger partial charge in [0.15, 0.2) is 0 Å². The highest BCUT2D eigenvalue weighted by Crippen LogP contribution is 2.09. The molecule has 0 saturated carbocycles. The van der Waals surface area contributed by atoms with Crippen LogP contribution in [-0.2, 0) is 6.42 Å². The zero-order chi connectivity index (χ0) is 15.7. The van der Waals surface area contributed by atoms with Crippen LogP contribution >= 0.6 is 0 Å². The molecule has 0 aliphatic carbocycles. The van der Waals surface area contributed by atoms with Gasteiger partial charge in [0.05, 0.1) is 6.26 Å². The van der Waals surface area contributed by atoms with Gasteiger partial charge in [0.25, 0.3) is 0 Å². The number of unbranched alkanes of at least 4 members (excludes halogenated alkanes) is 8. The first-order valence-corrected chi connectivity index (χ1v) is 9.26. The molecule has 1 rings (SSSR count). The Morgan fingerprint density at radius 2 is 1.50 bits per heavy atom. The number of hydrogen-bond acceptors (Lipinski definition) is 1. The fourth-order valence-corrected chi connectivity index (χ4v) is 2.57. The van der Waals surface area contributed by atoms with E-state index in [1.807, 2.05) is 6.07 Å². The van der Waals surface area contributed by atoms with E-state index in [0.717, 1.165) is 18.6 Å². The van der Waals surface area contributed by atoms with E-state index in [4.69, 9.17) is 4.42 Å². The predicted octanol–water partition coefficient (Wildman–Crippen LogP) is 7.25. The van der Waals surface area contributed by atoms with Gasteiger partial charge in [-0.2, -0.15) is 0 Å². The van der Waals surface area contributed by atoms with Crippen molar-refractivity contribution < 1.29 is 4.42 Å². The zero-order valence-electron chi connectivity index (χ0n) is 14.4. The summed E-state index contributed by atoms with van der Waals surface area (Å²) in [5.41, 5.74) is 0. The second-order valence-corrected chi connectivity index (χ2v) is 6.06. The molecule has 0 fully saturated rings. The fourth-order valence-electron chi connectivity index (χ4n) is 2.57. The topological polar surface area (TPSA) is 13.1 Å². The first kappa shape index (κ1) is 18.8. The molecule has 0 amide bonds. The van der Waals surface area contributed by atoms with E-state index in [0.29, 0.717) is 0 Å². The van der Waals surface area contributed by atoms with Gasteiger partial charge in [-0.25, -0.2) is 0 Å². The minimum Gasteiger partial charge on any atom is -0.469 e. The smallest absolute Gasteiger partial charge is 0.103 e. The Labute approximate surface area is 137 Å². The molecule has 0 atom stereocenters. The van der Waals surface area contributed by atoms with Gasteiger partial charge in [-0.3, -0.25) is 0 Å². The van der Waals surface area contributed by atoms with Crippen molar-refractivity contribution in [1.82, 2.24) is 0 Å². The third kappa shape index (κ3) is 11.4. The van der Waals surface area contributed by atoms with E-state index >= 15 is 0 Å². The van der Waals surface area contributed by atoms with Crippen LogP contribution in [0.15, 0.2) is 47.1 Å². The predicted molar refractivity (Wildman–Crippen MR) is 97.2 cm³/mol. The number of aryl methyl sites for hydroxylation is 1. The monoisotopic (exact) mass is 302 g/mol. The van der Waals surface area contributed by atoms with Crippen molar-refractivity contribution in [3.8, 4) is 0 Å². The highest BCUT2D eigenvalue weighted by Gasteiger charge is 1.94. The van der Waals surface area contributed by atoms with Crippen LogP contribution in [-0.4, -0.2) is 0 Å². The minimum absolute atomic E-state index is 1.08. The highest BCUT2D eigenvalue weighted by atomic mass is 16.3. The molecule has 0 bridgehead atoms. The first-order chi connectivity index (χ1) is 10.9. The molecular weight excluding hydrogens is 268 g/mol. The zero-order valence-corrected chi connectivity index (χ0v) is 14.4. The van der Waals surface area contributed by atoms with E-state index in [9.17, 15) is 0 Å². The van der Waals surface area contributed by atoms with Crippen LogP contribution in [0.5, 0.6) is 0 Å². The van der Waals surface area contributed by atoms with Gasteiger partial charge >= 0.3 is 0 Å². The molecule has 0 radical (unpaired) electrons. The molecule has 1 heteroatoms. The van der Waals surface area contributed by atoms with Crippen LogP contribution in [0.3, 0.4) is 0 Å². The van der Waals surface area contributed by atoms with Crippen LogP contribution in [0.25, 0.3) is 0 Å². The first-order valence-electron chi connectivity index (χ1n) is 9.26. The summed E-state index contributed by atoms with van der Waals surface area (Å²) in [6, 6.07) is 4.03. The van der Waals surface area contributed by atoms with Crippen molar-refractivity contribution in [1.29, 1.82) is 0 Å². The molecule has 22 heavy (non-hydrogen) atoms. The second kappa shape index (κ2) is 14.7. The van der Waals surface area contributed by atoms with Crippen molar-refractivity contribution in [2.75, 3.05) is 0 Å². The maximum Gasteiger partial charge on any atom is 0.103 e. The summed E-state index contributed by atoms with van der Waals surface area (Å²) in [5, 5.41) is 0. The number of rotatable bonds is 14. The quantitative estimate of drug-likeness (QED) is 0.260. The largest absolute Gasteiger partial charge is 0.469 e. The van der Waals surface area contributed by atoms with E-state index in [2.05, 4.69) is 37.3 Å². The summed E-state index contributed by atoms with van der Waals surface area (Å²) in [5.74, 6) is 1.12. The molecule has 0 N–H and O–H groups in total. The highest BCUT2D eigenvalue weighted by molar-refractivity contribution is 4.97. The summed E-state index contributed by atoms with van der Waals surface area (Å²) < 4.78 is 5.33. The molecule has 0 aliphatic heterocycles. The molecule has 0 unspecified atom stereocenters. The van der Waals surface area contributed by atoms with E-state index in [1.165, 1.54) is 64.2 Å². The summed E-state index contributed by atoms with van der Waals surface area (Å²) in [4.78, 5) is 0. The Balaban J connectivity index is 1.81. The molecule has 1 heterocycles. The lowest BCUT2D eigenvalue weighted by atomic mass is 10.1. The minimum atomic E-state index is 1.08. The Kier molecular flexibility index (Phi) is 12.6. The van der Waals surface area contributed by atoms with E-state index in [1.54, 1.807) is 6.26 Å². The molecule has 0 aromatic carbocycles. The van der Waals surface area contributed by atoms with Gasteiger partial charge in [0.2, 0.25) is 0 Å². The van der Waals surface area contributed by atoms with Gasteiger partial charge in [0, 0.05) is 6.42 Å². The summed E-state index contributed by atoms with van der Waals surface area (Å²) in [6.45, 7) is 2.27. The van der Waals surface area contributed by atoms with Crippen molar-refractivity contribution in [3.05, 3.63) is 48.5 Å². The number of hydrogen-bond donors (Lipinski definition) is 0. The van der Waals surface area contributed by atoms with Crippen LogP contribution in [0, 0.1) is 0 Å². The lowest BCUT2D eigenvalue weighted by Crippen LogP contribution is -1.82. The van der Waals surface area contributed by atoms with Crippen LogP contribution < -0.4 is 0 Å². The van der Waals surface area contributed by atoms with Gasteiger partial charge < -0.3 is 4.42 Å². The SMILES string of the molecule is CCCCCCC/C=C\C/C=C\CCCCCc1ccco1. The van der Waals surface area contributed by atoms with Crippen LogP contribution in [0.1, 0.15) is 83.3 Å². The van der Waals surface area contributed by atoms with E-state index < -0.39 is 0 Å². The normalized spacial score (nSPS) is 11.9. The average Bonchev–Trinajstić information content (AvgIpc) is 3.04. The standard InChI is InChI=1S/C21H34O/c1-2-3-4-5-6-7-8-9-10-11-12-13-14-15-16-18-21-19-17-20-22-21/h8-9,11-12,17,19-20H,2-7,10,13-16,18H2,1H3/b9-8-,12-11-. The van der Waals surface area contributed by atoms with Crippen molar-refractivity contribution in [2.45, 2.75) is 84.0 Å². The summed E-state index contributed by atoms with van der Waals surface area (Å²) in [7, 11) is 0. The Morgan fingerprint density at radius 3 is 2.14 bits per heavy atom. The van der Waals surface area contributed by atoms with Crippen LogP contribution in [0.2, 0.25) is 0 Å². The molecule has 1 nitrogen and oxygen atoms in total. The maximum absolute atomic E-state index is 5.33. The number of furan rings is 1. The third-order valence-corrected chi connectivity index (χ3v) is 3.95.